The number of rotatable bonds is 5. The van der Waals surface area contributed by atoms with Crippen molar-refractivity contribution in [3.63, 3.8) is 0 Å². The maximum absolute atomic E-state index is 5.32. The molecule has 1 unspecified atom stereocenters. The summed E-state index contributed by atoms with van der Waals surface area (Å²) in [5.41, 5.74) is 2.26. The number of hydrogen-bond donors (Lipinski definition) is 1. The second-order valence-corrected chi connectivity index (χ2v) is 3.79. The summed E-state index contributed by atoms with van der Waals surface area (Å²) in [5, 5.41) is 3.28. The monoisotopic (exact) mass is 232 g/mol. The van der Waals surface area contributed by atoms with Crippen LogP contribution >= 0.6 is 0 Å². The van der Waals surface area contributed by atoms with Gasteiger partial charge in [0, 0.05) is 17.8 Å². The maximum atomic E-state index is 5.32. The first-order valence-corrected chi connectivity index (χ1v) is 5.51. The van der Waals surface area contributed by atoms with E-state index in [-0.39, 0.29) is 6.04 Å². The number of methoxy groups -OCH3 is 1. The topological polar surface area (TPSA) is 47.3 Å². The van der Waals surface area contributed by atoms with Gasteiger partial charge in [0.15, 0.2) is 0 Å². The smallest absolute Gasteiger partial charge is 0.141 e. The largest absolute Gasteiger partial charge is 0.495 e. The van der Waals surface area contributed by atoms with E-state index in [0.29, 0.717) is 0 Å². The highest BCUT2D eigenvalue weighted by molar-refractivity contribution is 5.33. The third kappa shape index (κ3) is 2.65. The van der Waals surface area contributed by atoms with E-state index in [1.165, 1.54) is 0 Å². The van der Waals surface area contributed by atoms with Crippen LogP contribution in [0.5, 0.6) is 5.75 Å². The number of pyridine rings is 1. The second-order valence-electron chi connectivity index (χ2n) is 3.79. The molecule has 0 aromatic carbocycles. The number of hydrogen-bond acceptors (Lipinski definition) is 4. The van der Waals surface area contributed by atoms with Crippen molar-refractivity contribution in [1.29, 1.82) is 0 Å². The minimum absolute atomic E-state index is 0.186. The molecular formula is C13H16N2O2. The van der Waals surface area contributed by atoms with Gasteiger partial charge < -0.3 is 14.5 Å². The first kappa shape index (κ1) is 11.7. The van der Waals surface area contributed by atoms with Gasteiger partial charge in [-0.05, 0) is 31.2 Å². The standard InChI is InChI=1S/C13H16N2O2/c1-14-12(7-10-4-6-17-9-10)11-3-5-15-8-13(11)16-2/h3-6,8-9,12,14H,7H2,1-2H3. The van der Waals surface area contributed by atoms with Gasteiger partial charge in [-0.15, -0.1) is 0 Å². The Bertz CT molecular complexity index is 454. The van der Waals surface area contributed by atoms with Crippen LogP contribution in [0.15, 0.2) is 41.5 Å². The van der Waals surface area contributed by atoms with Gasteiger partial charge in [0.05, 0.1) is 25.8 Å². The normalized spacial score (nSPS) is 12.4. The lowest BCUT2D eigenvalue weighted by Gasteiger charge is -2.18. The van der Waals surface area contributed by atoms with E-state index >= 15 is 0 Å². The second kappa shape index (κ2) is 5.50. The Morgan fingerprint density at radius 2 is 2.35 bits per heavy atom. The van der Waals surface area contributed by atoms with Gasteiger partial charge in [-0.25, -0.2) is 0 Å². The predicted molar refractivity (Wildman–Crippen MR) is 65.0 cm³/mol. The molecule has 0 saturated heterocycles. The van der Waals surface area contributed by atoms with Crippen LogP contribution in [0.4, 0.5) is 0 Å². The zero-order valence-corrected chi connectivity index (χ0v) is 10.0. The molecule has 0 saturated carbocycles. The molecule has 0 aliphatic rings. The Hall–Kier alpha value is -1.81. The number of ether oxygens (including phenoxy) is 1. The molecule has 17 heavy (non-hydrogen) atoms. The summed E-state index contributed by atoms with van der Waals surface area (Å²) in [7, 11) is 3.59. The number of aromatic nitrogens is 1. The highest BCUT2D eigenvalue weighted by Gasteiger charge is 2.15. The average molecular weight is 232 g/mol. The maximum Gasteiger partial charge on any atom is 0.141 e. The van der Waals surface area contributed by atoms with E-state index in [4.69, 9.17) is 9.15 Å². The molecule has 2 aromatic heterocycles. The first-order valence-electron chi connectivity index (χ1n) is 5.51. The molecule has 4 nitrogen and oxygen atoms in total. The Kier molecular flexibility index (Phi) is 3.77. The van der Waals surface area contributed by atoms with E-state index in [9.17, 15) is 0 Å². The highest BCUT2D eigenvalue weighted by Crippen LogP contribution is 2.26. The zero-order chi connectivity index (χ0) is 12.1. The highest BCUT2D eigenvalue weighted by atomic mass is 16.5. The summed E-state index contributed by atoms with van der Waals surface area (Å²) in [6.45, 7) is 0. The molecule has 2 aromatic rings. The lowest BCUT2D eigenvalue weighted by molar-refractivity contribution is 0.399. The summed E-state index contributed by atoms with van der Waals surface area (Å²) in [5.74, 6) is 0.801. The third-order valence-electron chi connectivity index (χ3n) is 2.78. The van der Waals surface area contributed by atoms with Gasteiger partial charge in [-0.3, -0.25) is 4.98 Å². The fraction of sp³-hybridized carbons (Fsp3) is 0.308. The van der Waals surface area contributed by atoms with Crippen LogP contribution < -0.4 is 10.1 Å². The Balaban J connectivity index is 2.22. The van der Waals surface area contributed by atoms with Crippen molar-refractivity contribution in [3.8, 4) is 5.75 Å². The van der Waals surface area contributed by atoms with E-state index < -0.39 is 0 Å². The van der Waals surface area contributed by atoms with E-state index in [1.807, 2.05) is 19.2 Å². The molecule has 2 rings (SSSR count). The molecule has 0 radical (unpaired) electrons. The van der Waals surface area contributed by atoms with Crippen molar-refractivity contribution in [2.24, 2.45) is 0 Å². The van der Waals surface area contributed by atoms with Crippen molar-refractivity contribution < 1.29 is 9.15 Å². The fourth-order valence-corrected chi connectivity index (χ4v) is 1.86. The van der Waals surface area contributed by atoms with E-state index in [2.05, 4.69) is 10.3 Å². The summed E-state index contributed by atoms with van der Waals surface area (Å²) >= 11 is 0. The van der Waals surface area contributed by atoms with Crippen molar-refractivity contribution in [2.45, 2.75) is 12.5 Å². The van der Waals surface area contributed by atoms with Gasteiger partial charge in [0.1, 0.15) is 5.75 Å². The molecule has 1 atom stereocenters. The lowest BCUT2D eigenvalue weighted by Crippen LogP contribution is -2.19. The van der Waals surface area contributed by atoms with Crippen LogP contribution in [0.1, 0.15) is 17.2 Å². The molecule has 0 fully saturated rings. The number of likely N-dealkylation sites (N-methyl/N-ethyl adjacent to an activating group) is 1. The Labute approximate surface area is 101 Å². The van der Waals surface area contributed by atoms with Gasteiger partial charge in [-0.2, -0.15) is 0 Å². The molecule has 0 amide bonds. The predicted octanol–water partition coefficient (Wildman–Crippen LogP) is 2.19. The van der Waals surface area contributed by atoms with Crippen LogP contribution in [-0.4, -0.2) is 19.1 Å². The Morgan fingerprint density at radius 3 is 3.00 bits per heavy atom. The van der Waals surface area contributed by atoms with Crippen molar-refractivity contribution in [3.05, 3.63) is 48.2 Å². The molecule has 90 valence electrons. The summed E-state index contributed by atoms with van der Waals surface area (Å²) < 4.78 is 10.4. The number of nitrogens with one attached hydrogen (secondary N) is 1. The number of furan rings is 1. The first-order chi connectivity index (χ1) is 8.35. The molecule has 0 spiro atoms. The van der Waals surface area contributed by atoms with Gasteiger partial charge in [0.2, 0.25) is 0 Å². The van der Waals surface area contributed by atoms with Crippen molar-refractivity contribution in [2.75, 3.05) is 14.2 Å². The molecule has 0 aliphatic carbocycles. The molecule has 0 aliphatic heterocycles. The van der Waals surface area contributed by atoms with E-state index in [1.54, 1.807) is 32.0 Å². The molecule has 2 heterocycles. The van der Waals surface area contributed by atoms with Crippen molar-refractivity contribution in [1.82, 2.24) is 10.3 Å². The van der Waals surface area contributed by atoms with Crippen LogP contribution in [0, 0.1) is 0 Å². The summed E-state index contributed by atoms with van der Waals surface area (Å²) in [6.07, 6.45) is 7.81. The SMILES string of the molecule is CNC(Cc1ccoc1)c1ccncc1OC. The fourth-order valence-electron chi connectivity index (χ4n) is 1.86. The van der Waals surface area contributed by atoms with Gasteiger partial charge >= 0.3 is 0 Å². The molecule has 1 N–H and O–H groups in total. The zero-order valence-electron chi connectivity index (χ0n) is 10.0. The molecule has 4 heteroatoms. The molecule has 0 bridgehead atoms. The van der Waals surface area contributed by atoms with Crippen LogP contribution in [0.25, 0.3) is 0 Å². The molecular weight excluding hydrogens is 216 g/mol. The van der Waals surface area contributed by atoms with E-state index in [0.717, 1.165) is 23.3 Å². The minimum atomic E-state index is 0.186. The Morgan fingerprint density at radius 1 is 1.47 bits per heavy atom. The van der Waals surface area contributed by atoms with Crippen LogP contribution in [-0.2, 0) is 6.42 Å². The van der Waals surface area contributed by atoms with Crippen LogP contribution in [0.3, 0.4) is 0 Å². The summed E-state index contributed by atoms with van der Waals surface area (Å²) in [6, 6.07) is 4.13. The summed E-state index contributed by atoms with van der Waals surface area (Å²) in [4.78, 5) is 4.06. The quantitative estimate of drug-likeness (QED) is 0.858. The average Bonchev–Trinajstić information content (AvgIpc) is 2.89. The minimum Gasteiger partial charge on any atom is -0.495 e. The van der Waals surface area contributed by atoms with Gasteiger partial charge in [-0.1, -0.05) is 0 Å². The van der Waals surface area contributed by atoms with Gasteiger partial charge in [0.25, 0.3) is 0 Å². The van der Waals surface area contributed by atoms with Crippen LogP contribution in [0.2, 0.25) is 0 Å². The third-order valence-corrected chi connectivity index (χ3v) is 2.78. The van der Waals surface area contributed by atoms with Crippen molar-refractivity contribution >= 4 is 0 Å². The lowest BCUT2D eigenvalue weighted by atomic mass is 10.0. The number of nitrogens with zero attached hydrogens (tertiary/aromatic N) is 1.